The molecule has 9 heteroatoms. The molecule has 0 spiro atoms. The third-order valence-corrected chi connectivity index (χ3v) is 5.18. The molecule has 2 aliphatic heterocycles. The predicted molar refractivity (Wildman–Crippen MR) is 84.7 cm³/mol. The van der Waals surface area contributed by atoms with E-state index in [2.05, 4.69) is 10.3 Å². The average molecular weight is 349 g/mol. The Kier molecular flexibility index (Phi) is 4.54. The smallest absolute Gasteiger partial charge is 0.352 e. The maximum atomic E-state index is 12.3. The molecule has 1 fully saturated rings. The van der Waals surface area contributed by atoms with Crippen LogP contribution in [0.15, 0.2) is 35.8 Å². The average Bonchev–Trinajstić information content (AvgIpc) is 2.58. The minimum Gasteiger partial charge on any atom is -0.477 e. The number of amides is 2. The molecule has 3 rings (SSSR count). The van der Waals surface area contributed by atoms with Crippen molar-refractivity contribution in [2.45, 2.75) is 17.8 Å². The van der Waals surface area contributed by atoms with Gasteiger partial charge in [-0.3, -0.25) is 19.5 Å². The fourth-order valence-corrected chi connectivity index (χ4v) is 4.05. The molecule has 1 aromatic rings. The molecule has 0 radical (unpaired) electrons. The van der Waals surface area contributed by atoms with Gasteiger partial charge >= 0.3 is 5.97 Å². The van der Waals surface area contributed by atoms with Crippen molar-refractivity contribution in [2.75, 3.05) is 12.4 Å². The van der Waals surface area contributed by atoms with Crippen LogP contribution in [0.25, 0.3) is 0 Å². The lowest BCUT2D eigenvalue weighted by molar-refractivity contribution is -0.150. The minimum absolute atomic E-state index is 0.0958. The van der Waals surface area contributed by atoms with Gasteiger partial charge in [0.05, 0.1) is 13.0 Å². The predicted octanol–water partition coefficient (Wildman–Crippen LogP) is -0.645. The Hall–Kier alpha value is -2.39. The Balaban J connectivity index is 1.69. The number of aliphatic carboxylic acids is 1. The summed E-state index contributed by atoms with van der Waals surface area (Å²) in [7, 11) is 0. The fraction of sp³-hybridized carbons (Fsp3) is 0.333. The zero-order chi connectivity index (χ0) is 17.3. The van der Waals surface area contributed by atoms with E-state index in [1.54, 1.807) is 24.5 Å². The van der Waals surface area contributed by atoms with Crippen molar-refractivity contribution >= 4 is 29.5 Å². The number of hydrogen-bond acceptors (Lipinski definition) is 6. The van der Waals surface area contributed by atoms with E-state index in [0.717, 1.165) is 10.5 Å². The van der Waals surface area contributed by atoms with Gasteiger partial charge in [0, 0.05) is 18.1 Å². The summed E-state index contributed by atoms with van der Waals surface area (Å²) < 4.78 is 0. The van der Waals surface area contributed by atoms with Crippen LogP contribution in [-0.4, -0.2) is 61.7 Å². The largest absolute Gasteiger partial charge is 0.477 e. The van der Waals surface area contributed by atoms with Gasteiger partial charge < -0.3 is 15.5 Å². The lowest BCUT2D eigenvalue weighted by Crippen LogP contribution is -2.70. The monoisotopic (exact) mass is 349 g/mol. The number of β-lactam (4-membered cyclic amide) rings is 1. The van der Waals surface area contributed by atoms with Crippen LogP contribution in [-0.2, 0) is 20.8 Å². The number of carboxylic acids is 1. The normalized spacial score (nSPS) is 22.7. The highest BCUT2D eigenvalue weighted by Gasteiger charge is 2.54. The van der Waals surface area contributed by atoms with Crippen molar-refractivity contribution in [2.24, 2.45) is 0 Å². The Morgan fingerprint density at radius 1 is 1.46 bits per heavy atom. The van der Waals surface area contributed by atoms with Gasteiger partial charge in [-0.25, -0.2) is 4.79 Å². The summed E-state index contributed by atoms with van der Waals surface area (Å²) in [4.78, 5) is 40.8. The molecular formula is C15H15N3O5S. The van der Waals surface area contributed by atoms with Gasteiger partial charge in [-0.05, 0) is 17.2 Å². The van der Waals surface area contributed by atoms with Crippen LogP contribution in [0, 0.1) is 0 Å². The van der Waals surface area contributed by atoms with E-state index in [-0.39, 0.29) is 18.0 Å². The van der Waals surface area contributed by atoms with Crippen LogP contribution in [0.1, 0.15) is 5.56 Å². The summed E-state index contributed by atoms with van der Waals surface area (Å²) >= 11 is 1.32. The highest BCUT2D eigenvalue weighted by atomic mass is 32.2. The second-order valence-corrected chi connectivity index (χ2v) is 6.51. The van der Waals surface area contributed by atoms with Crippen molar-refractivity contribution in [3.63, 3.8) is 0 Å². The number of nitrogens with zero attached hydrogens (tertiary/aromatic N) is 2. The molecule has 8 nitrogen and oxygen atoms in total. The van der Waals surface area contributed by atoms with Gasteiger partial charge in [-0.15, -0.1) is 11.8 Å². The first-order chi connectivity index (χ1) is 11.5. The molecule has 0 bridgehead atoms. The third kappa shape index (κ3) is 2.87. The first-order valence-corrected chi connectivity index (χ1v) is 8.27. The summed E-state index contributed by atoms with van der Waals surface area (Å²) in [5, 5.41) is 20.7. The molecule has 1 saturated heterocycles. The molecule has 2 aliphatic rings. The molecule has 2 atom stereocenters. The van der Waals surface area contributed by atoms with Crippen LogP contribution in [0.5, 0.6) is 0 Å². The van der Waals surface area contributed by atoms with E-state index in [0.29, 0.717) is 11.3 Å². The first kappa shape index (κ1) is 16.5. The number of nitrogens with one attached hydrogen (secondary N) is 1. The Morgan fingerprint density at radius 3 is 2.88 bits per heavy atom. The van der Waals surface area contributed by atoms with Crippen molar-refractivity contribution in [1.29, 1.82) is 0 Å². The van der Waals surface area contributed by atoms with Crippen molar-refractivity contribution in [3.05, 3.63) is 41.4 Å². The van der Waals surface area contributed by atoms with E-state index >= 15 is 0 Å². The minimum atomic E-state index is -1.25. The van der Waals surface area contributed by atoms with Crippen LogP contribution in [0.4, 0.5) is 0 Å². The van der Waals surface area contributed by atoms with Gasteiger partial charge in [0.1, 0.15) is 17.1 Å². The number of pyridine rings is 1. The number of carbonyl (C=O) groups is 3. The van der Waals surface area contributed by atoms with Gasteiger partial charge in [0.2, 0.25) is 5.91 Å². The maximum Gasteiger partial charge on any atom is 0.352 e. The SMILES string of the molecule is O=C(Cc1cccnc1)NC1C(=O)N2C(C(=O)O)=C(CO)CSC12. The van der Waals surface area contributed by atoms with Crippen molar-refractivity contribution in [1.82, 2.24) is 15.2 Å². The molecular weight excluding hydrogens is 334 g/mol. The number of aromatic nitrogens is 1. The number of rotatable bonds is 5. The fourth-order valence-electron chi connectivity index (χ4n) is 2.72. The van der Waals surface area contributed by atoms with Crippen LogP contribution in [0.3, 0.4) is 0 Å². The number of carboxylic acid groups (broad SMARTS) is 1. The quantitative estimate of drug-likeness (QED) is 0.605. The van der Waals surface area contributed by atoms with E-state index in [1.165, 1.54) is 11.8 Å². The molecule has 0 saturated carbocycles. The second kappa shape index (κ2) is 6.62. The van der Waals surface area contributed by atoms with Crippen LogP contribution in [0.2, 0.25) is 0 Å². The summed E-state index contributed by atoms with van der Waals surface area (Å²) in [6.07, 6.45) is 3.27. The molecule has 2 amide bonds. The summed E-state index contributed by atoms with van der Waals surface area (Å²) in [6.45, 7) is -0.414. The van der Waals surface area contributed by atoms with Gasteiger partial charge in [0.25, 0.3) is 5.91 Å². The maximum absolute atomic E-state index is 12.3. The number of fused-ring (bicyclic) bond motifs is 1. The van der Waals surface area contributed by atoms with Crippen LogP contribution < -0.4 is 5.32 Å². The van der Waals surface area contributed by atoms with Crippen molar-refractivity contribution in [3.8, 4) is 0 Å². The number of thioether (sulfide) groups is 1. The van der Waals surface area contributed by atoms with E-state index < -0.39 is 29.9 Å². The molecule has 3 heterocycles. The zero-order valence-corrected chi connectivity index (χ0v) is 13.3. The summed E-state index contributed by atoms with van der Waals surface area (Å²) in [5.41, 5.74) is 0.852. The number of aliphatic hydroxyl groups excluding tert-OH is 1. The zero-order valence-electron chi connectivity index (χ0n) is 12.5. The molecule has 1 aromatic heterocycles. The van der Waals surface area contributed by atoms with Gasteiger partial charge in [0.15, 0.2) is 0 Å². The summed E-state index contributed by atoms with van der Waals surface area (Å²) in [5.74, 6) is -1.75. The van der Waals surface area contributed by atoms with Crippen LogP contribution >= 0.6 is 11.8 Å². The lowest BCUT2D eigenvalue weighted by atomic mass is 10.0. The van der Waals surface area contributed by atoms with Gasteiger partial charge in [-0.2, -0.15) is 0 Å². The third-order valence-electron chi connectivity index (χ3n) is 3.84. The topological polar surface area (TPSA) is 120 Å². The Labute approximate surface area is 141 Å². The molecule has 0 aliphatic carbocycles. The standard InChI is InChI=1S/C15H15N3O5S/c19-6-9-7-24-14-11(13(21)18(14)12(9)15(22)23)17-10(20)4-8-2-1-3-16-5-8/h1-3,5,11,14,19H,4,6-7H2,(H,17,20)(H,22,23). The highest BCUT2D eigenvalue weighted by molar-refractivity contribution is 8.00. The first-order valence-electron chi connectivity index (χ1n) is 7.22. The van der Waals surface area contributed by atoms with Crippen molar-refractivity contribution < 1.29 is 24.6 Å². The molecule has 24 heavy (non-hydrogen) atoms. The van der Waals surface area contributed by atoms with Gasteiger partial charge in [-0.1, -0.05) is 6.07 Å². The number of aliphatic hydroxyl groups is 1. The van der Waals surface area contributed by atoms with E-state index in [4.69, 9.17) is 0 Å². The molecule has 126 valence electrons. The molecule has 0 aromatic carbocycles. The highest BCUT2D eigenvalue weighted by Crippen LogP contribution is 2.40. The molecule has 2 unspecified atom stereocenters. The summed E-state index contributed by atoms with van der Waals surface area (Å²) in [6, 6.07) is 2.72. The van der Waals surface area contributed by atoms with E-state index in [9.17, 15) is 24.6 Å². The number of carbonyl (C=O) groups excluding carboxylic acids is 2. The lowest BCUT2D eigenvalue weighted by Gasteiger charge is -2.49. The second-order valence-electron chi connectivity index (χ2n) is 5.41. The molecule has 3 N–H and O–H groups in total. The van der Waals surface area contributed by atoms with E-state index in [1.807, 2.05) is 0 Å². The number of hydrogen-bond donors (Lipinski definition) is 3. The Bertz CT molecular complexity index is 721. The Morgan fingerprint density at radius 2 is 2.25 bits per heavy atom.